The third kappa shape index (κ3) is 4.49. The maximum Gasteiger partial charge on any atom is 0.335 e. The maximum atomic E-state index is 11.4. The van der Waals surface area contributed by atoms with Crippen molar-refractivity contribution in [2.75, 3.05) is 14.2 Å². The zero-order valence-corrected chi connectivity index (χ0v) is 22.9. The second-order valence-corrected chi connectivity index (χ2v) is 9.85. The minimum absolute atomic E-state index is 0.232. The van der Waals surface area contributed by atoms with Crippen molar-refractivity contribution in [3.05, 3.63) is 120 Å². The predicted octanol–water partition coefficient (Wildman–Crippen LogP) is 8.41. The van der Waals surface area contributed by atoms with Crippen molar-refractivity contribution in [2.24, 2.45) is 0 Å². The summed E-state index contributed by atoms with van der Waals surface area (Å²) in [7, 11) is 3.29. The molecule has 0 aliphatic carbocycles. The van der Waals surface area contributed by atoms with Crippen molar-refractivity contribution >= 4 is 33.5 Å². The third-order valence-corrected chi connectivity index (χ3v) is 7.62. The SMILES string of the molecule is COc1ccc2c(-c3ccc(C(=O)O)cc3)cccc2c1-c1c(OC)ccc2c(-c3ccc(C(=O)O)cc3)cccc12. The first-order valence-corrected chi connectivity index (χ1v) is 13.3. The molecule has 206 valence electrons. The van der Waals surface area contributed by atoms with Crippen LogP contribution in [-0.4, -0.2) is 36.4 Å². The molecule has 2 N–H and O–H groups in total. The number of carboxylic acids is 2. The highest BCUT2D eigenvalue weighted by Gasteiger charge is 2.21. The lowest BCUT2D eigenvalue weighted by atomic mass is 9.88. The quantitative estimate of drug-likeness (QED) is 0.206. The van der Waals surface area contributed by atoms with E-state index in [0.717, 1.165) is 54.9 Å². The first-order chi connectivity index (χ1) is 20.4. The number of ether oxygens (including phenoxy) is 2. The fourth-order valence-electron chi connectivity index (χ4n) is 5.62. The highest BCUT2D eigenvalue weighted by Crippen LogP contribution is 2.48. The van der Waals surface area contributed by atoms with Gasteiger partial charge >= 0.3 is 11.9 Å². The molecule has 6 aromatic carbocycles. The lowest BCUT2D eigenvalue weighted by molar-refractivity contribution is 0.0686. The molecule has 6 rings (SSSR count). The third-order valence-electron chi connectivity index (χ3n) is 7.62. The molecule has 0 unspecified atom stereocenters. The summed E-state index contributed by atoms with van der Waals surface area (Å²) < 4.78 is 11.8. The lowest BCUT2D eigenvalue weighted by Gasteiger charge is -2.20. The summed E-state index contributed by atoms with van der Waals surface area (Å²) in [5, 5.41) is 22.6. The van der Waals surface area contributed by atoms with Crippen molar-refractivity contribution in [1.82, 2.24) is 0 Å². The molecule has 0 fully saturated rings. The van der Waals surface area contributed by atoms with Crippen LogP contribution < -0.4 is 9.47 Å². The molecule has 0 amide bonds. The van der Waals surface area contributed by atoms with Crippen LogP contribution >= 0.6 is 0 Å². The zero-order valence-electron chi connectivity index (χ0n) is 22.9. The Morgan fingerprint density at radius 1 is 0.476 bits per heavy atom. The Kier molecular flexibility index (Phi) is 6.80. The van der Waals surface area contributed by atoms with Gasteiger partial charge in [0, 0.05) is 11.1 Å². The molecule has 6 aromatic rings. The van der Waals surface area contributed by atoms with Gasteiger partial charge in [-0.25, -0.2) is 9.59 Å². The number of hydrogen-bond acceptors (Lipinski definition) is 4. The fraction of sp³-hybridized carbons (Fsp3) is 0.0556. The minimum Gasteiger partial charge on any atom is -0.496 e. The summed E-state index contributed by atoms with van der Waals surface area (Å²) in [6.07, 6.45) is 0. The second kappa shape index (κ2) is 10.7. The Bertz CT molecular complexity index is 1840. The zero-order chi connectivity index (χ0) is 29.4. The van der Waals surface area contributed by atoms with Crippen LogP contribution in [0.4, 0.5) is 0 Å². The van der Waals surface area contributed by atoms with E-state index in [1.165, 1.54) is 0 Å². The van der Waals surface area contributed by atoms with Gasteiger partial charge in [-0.1, -0.05) is 72.8 Å². The minimum atomic E-state index is -0.966. The number of methoxy groups -OCH3 is 2. The van der Waals surface area contributed by atoms with Crippen LogP contribution in [0.3, 0.4) is 0 Å². The van der Waals surface area contributed by atoms with E-state index in [0.29, 0.717) is 11.5 Å². The lowest BCUT2D eigenvalue weighted by Crippen LogP contribution is -1.97. The van der Waals surface area contributed by atoms with Crippen molar-refractivity contribution in [3.63, 3.8) is 0 Å². The van der Waals surface area contributed by atoms with E-state index in [2.05, 4.69) is 12.1 Å². The van der Waals surface area contributed by atoms with E-state index in [-0.39, 0.29) is 11.1 Å². The molecule has 0 saturated heterocycles. The molecule has 6 heteroatoms. The van der Waals surface area contributed by atoms with Crippen LogP contribution in [-0.2, 0) is 0 Å². The molecular formula is C36H26O6. The number of hydrogen-bond donors (Lipinski definition) is 2. The van der Waals surface area contributed by atoms with Gasteiger partial charge in [0.1, 0.15) is 11.5 Å². The Morgan fingerprint density at radius 3 is 1.19 bits per heavy atom. The summed E-state index contributed by atoms with van der Waals surface area (Å²) in [4.78, 5) is 22.8. The molecule has 0 aliphatic heterocycles. The average Bonchev–Trinajstić information content (AvgIpc) is 3.03. The van der Waals surface area contributed by atoms with E-state index in [4.69, 9.17) is 9.47 Å². The van der Waals surface area contributed by atoms with Gasteiger partial charge in [0.25, 0.3) is 0 Å². The number of aromatic carboxylic acids is 2. The maximum absolute atomic E-state index is 11.4. The molecule has 0 aromatic heterocycles. The van der Waals surface area contributed by atoms with Gasteiger partial charge in [0.2, 0.25) is 0 Å². The predicted molar refractivity (Wildman–Crippen MR) is 165 cm³/mol. The van der Waals surface area contributed by atoms with Gasteiger partial charge in [-0.05, 0) is 80.2 Å². The number of carboxylic acid groups (broad SMARTS) is 2. The number of rotatable bonds is 7. The second-order valence-electron chi connectivity index (χ2n) is 9.85. The Balaban J connectivity index is 1.62. The van der Waals surface area contributed by atoms with Crippen LogP contribution in [0.1, 0.15) is 20.7 Å². The standard InChI is InChI=1S/C36H26O6/c1-41-31-19-17-27-25(21-9-13-23(14-10-21)35(37)38)5-3-7-29(27)33(31)34-30-8-4-6-26(28(30)18-20-32(34)42-2)22-11-15-24(16-12-22)36(39)40/h3-20H,1-2H3,(H,37,38)(H,39,40). The van der Waals surface area contributed by atoms with E-state index in [9.17, 15) is 19.8 Å². The summed E-state index contributed by atoms with van der Waals surface area (Å²) in [6.45, 7) is 0. The van der Waals surface area contributed by atoms with E-state index in [1.807, 2.05) is 72.8 Å². The van der Waals surface area contributed by atoms with Crippen LogP contribution in [0.25, 0.3) is 54.9 Å². The molecule has 0 saturated carbocycles. The highest BCUT2D eigenvalue weighted by atomic mass is 16.5. The summed E-state index contributed by atoms with van der Waals surface area (Å²) in [6, 6.07) is 33.8. The summed E-state index contributed by atoms with van der Waals surface area (Å²) in [5.74, 6) is -0.565. The fourth-order valence-corrected chi connectivity index (χ4v) is 5.62. The van der Waals surface area contributed by atoms with Gasteiger partial charge in [-0.3, -0.25) is 0 Å². The van der Waals surface area contributed by atoms with Crippen molar-refractivity contribution in [1.29, 1.82) is 0 Å². The van der Waals surface area contributed by atoms with Gasteiger partial charge in [0.15, 0.2) is 0 Å². The molecule has 0 spiro atoms. The van der Waals surface area contributed by atoms with Crippen LogP contribution in [0.15, 0.2) is 109 Å². The molecule has 0 atom stereocenters. The monoisotopic (exact) mass is 554 g/mol. The summed E-state index contributed by atoms with van der Waals surface area (Å²) in [5.41, 5.74) is 5.95. The first-order valence-electron chi connectivity index (χ1n) is 13.3. The van der Waals surface area contributed by atoms with E-state index >= 15 is 0 Å². The van der Waals surface area contributed by atoms with Gasteiger partial charge in [-0.2, -0.15) is 0 Å². The average molecular weight is 555 g/mol. The molecule has 0 heterocycles. The largest absolute Gasteiger partial charge is 0.496 e. The topological polar surface area (TPSA) is 93.1 Å². The van der Waals surface area contributed by atoms with E-state index in [1.54, 1.807) is 38.5 Å². The normalized spacial score (nSPS) is 11.0. The Morgan fingerprint density at radius 2 is 0.857 bits per heavy atom. The van der Waals surface area contributed by atoms with Crippen LogP contribution in [0.5, 0.6) is 11.5 Å². The molecule has 6 nitrogen and oxygen atoms in total. The van der Waals surface area contributed by atoms with Crippen LogP contribution in [0, 0.1) is 0 Å². The number of fused-ring (bicyclic) bond motifs is 2. The highest BCUT2D eigenvalue weighted by molar-refractivity contribution is 6.14. The van der Waals surface area contributed by atoms with Gasteiger partial charge < -0.3 is 19.7 Å². The van der Waals surface area contributed by atoms with Crippen molar-refractivity contribution in [2.45, 2.75) is 0 Å². The molecule has 0 bridgehead atoms. The molecule has 0 radical (unpaired) electrons. The van der Waals surface area contributed by atoms with Gasteiger partial charge in [-0.15, -0.1) is 0 Å². The van der Waals surface area contributed by atoms with Crippen LogP contribution in [0.2, 0.25) is 0 Å². The van der Waals surface area contributed by atoms with Crippen molar-refractivity contribution in [3.8, 4) is 44.9 Å². The number of benzene rings is 6. The Hall–Kier alpha value is -5.62. The first kappa shape index (κ1) is 26.6. The van der Waals surface area contributed by atoms with E-state index < -0.39 is 11.9 Å². The molecular weight excluding hydrogens is 528 g/mol. The summed E-state index contributed by atoms with van der Waals surface area (Å²) >= 11 is 0. The molecule has 42 heavy (non-hydrogen) atoms. The van der Waals surface area contributed by atoms with Gasteiger partial charge in [0.05, 0.1) is 25.3 Å². The smallest absolute Gasteiger partial charge is 0.335 e. The molecule has 0 aliphatic rings. The Labute approximate surface area is 242 Å². The number of carbonyl (C=O) groups is 2. The van der Waals surface area contributed by atoms with Crippen molar-refractivity contribution < 1.29 is 29.3 Å².